The lowest BCUT2D eigenvalue weighted by Crippen LogP contribution is -2.34. The summed E-state index contributed by atoms with van der Waals surface area (Å²) in [6, 6.07) is 8.42. The molecule has 20 heavy (non-hydrogen) atoms. The third-order valence-electron chi connectivity index (χ3n) is 2.93. The van der Waals surface area contributed by atoms with E-state index in [0.29, 0.717) is 17.9 Å². The van der Waals surface area contributed by atoms with Crippen molar-refractivity contribution in [3.05, 3.63) is 58.5 Å². The number of nitrogens with one attached hydrogen (secondary N) is 1. The fourth-order valence-corrected chi connectivity index (χ4v) is 1.99. The number of nitrogens with zero attached hydrogens (tertiary/aromatic N) is 1. The summed E-state index contributed by atoms with van der Waals surface area (Å²) in [6.07, 6.45) is 3.72. The topological polar surface area (TPSA) is 79.2 Å². The lowest BCUT2D eigenvalue weighted by molar-refractivity contribution is 0.0985. The van der Waals surface area contributed by atoms with E-state index < -0.39 is 0 Å². The quantitative estimate of drug-likeness (QED) is 0.835. The van der Waals surface area contributed by atoms with Crippen LogP contribution in [0.4, 0.5) is 11.4 Å². The maximum absolute atomic E-state index is 12.5. The maximum atomic E-state index is 12.5. The van der Waals surface area contributed by atoms with Crippen LogP contribution in [-0.4, -0.2) is 17.4 Å². The molecule has 0 atom stereocenters. The number of nitrogens with two attached hydrogens (primary N) is 1. The second-order valence-corrected chi connectivity index (χ2v) is 4.47. The van der Waals surface area contributed by atoms with E-state index in [0.717, 1.165) is 6.42 Å². The number of carbonyl (C=O) groups is 1. The van der Waals surface area contributed by atoms with Gasteiger partial charge in [0.1, 0.15) is 5.56 Å². The van der Waals surface area contributed by atoms with Crippen LogP contribution in [-0.2, 0) is 0 Å². The van der Waals surface area contributed by atoms with Gasteiger partial charge in [0, 0.05) is 36.4 Å². The number of anilines is 2. The summed E-state index contributed by atoms with van der Waals surface area (Å²) in [6.45, 7) is 2.50. The van der Waals surface area contributed by atoms with Crippen LogP contribution in [0.1, 0.15) is 23.7 Å². The Kier molecular flexibility index (Phi) is 4.20. The first-order chi connectivity index (χ1) is 9.63. The van der Waals surface area contributed by atoms with Crippen LogP contribution in [0.25, 0.3) is 0 Å². The summed E-state index contributed by atoms with van der Waals surface area (Å²) in [5, 5.41) is 0. The smallest absolute Gasteiger partial charge is 0.263 e. The standard InChI is InChI=1S/C15H17N3O2/c1-2-8-18(12-5-3-4-11(16)9-12)15(20)13-10-17-7-6-14(13)19/h3-7,9-10H,2,8,16H2,1H3,(H,17,19). The van der Waals surface area contributed by atoms with Gasteiger partial charge in [0.15, 0.2) is 5.43 Å². The Hall–Kier alpha value is -2.56. The van der Waals surface area contributed by atoms with Crippen molar-refractivity contribution < 1.29 is 4.79 Å². The Bertz CT molecular complexity index is 664. The predicted octanol–water partition coefficient (Wildman–Crippen LogP) is 2.01. The molecule has 1 heterocycles. The van der Waals surface area contributed by atoms with Crippen molar-refractivity contribution in [1.29, 1.82) is 0 Å². The van der Waals surface area contributed by atoms with Gasteiger partial charge in [0.05, 0.1) is 0 Å². The molecule has 0 saturated carbocycles. The van der Waals surface area contributed by atoms with Crippen LogP contribution in [0.15, 0.2) is 47.5 Å². The first kappa shape index (κ1) is 13.9. The summed E-state index contributed by atoms with van der Waals surface area (Å²) >= 11 is 0. The number of H-pyrrole nitrogens is 1. The van der Waals surface area contributed by atoms with Crippen LogP contribution < -0.4 is 16.1 Å². The van der Waals surface area contributed by atoms with E-state index in [4.69, 9.17) is 5.73 Å². The van der Waals surface area contributed by atoms with Crippen molar-refractivity contribution in [2.24, 2.45) is 0 Å². The zero-order valence-electron chi connectivity index (χ0n) is 11.3. The van der Waals surface area contributed by atoms with Crippen molar-refractivity contribution in [1.82, 2.24) is 4.98 Å². The average Bonchev–Trinajstić information content (AvgIpc) is 2.44. The van der Waals surface area contributed by atoms with Crippen LogP contribution in [0, 0.1) is 0 Å². The van der Waals surface area contributed by atoms with Gasteiger partial charge in [-0.3, -0.25) is 9.59 Å². The zero-order chi connectivity index (χ0) is 14.5. The molecule has 0 aliphatic rings. The van der Waals surface area contributed by atoms with Gasteiger partial charge >= 0.3 is 0 Å². The Morgan fingerprint density at radius 3 is 2.80 bits per heavy atom. The number of hydrogen-bond acceptors (Lipinski definition) is 3. The van der Waals surface area contributed by atoms with Gasteiger partial charge in [-0.05, 0) is 24.6 Å². The van der Waals surface area contributed by atoms with Crippen molar-refractivity contribution in [3.8, 4) is 0 Å². The Morgan fingerprint density at radius 2 is 2.15 bits per heavy atom. The number of nitrogen functional groups attached to an aromatic ring is 1. The van der Waals surface area contributed by atoms with Gasteiger partial charge in [-0.25, -0.2) is 0 Å². The second kappa shape index (κ2) is 6.06. The van der Waals surface area contributed by atoms with Gasteiger partial charge in [-0.1, -0.05) is 13.0 Å². The molecule has 0 bridgehead atoms. The van der Waals surface area contributed by atoms with Gasteiger partial charge in [-0.15, -0.1) is 0 Å². The number of hydrogen-bond donors (Lipinski definition) is 2. The second-order valence-electron chi connectivity index (χ2n) is 4.47. The van der Waals surface area contributed by atoms with E-state index in [1.54, 1.807) is 29.2 Å². The predicted molar refractivity (Wildman–Crippen MR) is 79.9 cm³/mol. The summed E-state index contributed by atoms with van der Waals surface area (Å²) in [4.78, 5) is 28.6. The van der Waals surface area contributed by atoms with Crippen LogP contribution in [0.2, 0.25) is 0 Å². The van der Waals surface area contributed by atoms with E-state index in [1.807, 2.05) is 6.92 Å². The molecule has 3 N–H and O–H groups in total. The summed E-state index contributed by atoms with van der Waals surface area (Å²) in [5.41, 5.74) is 6.87. The first-order valence-electron chi connectivity index (χ1n) is 6.48. The Morgan fingerprint density at radius 1 is 1.35 bits per heavy atom. The summed E-state index contributed by atoms with van der Waals surface area (Å²) < 4.78 is 0. The molecule has 104 valence electrons. The van der Waals surface area contributed by atoms with E-state index in [2.05, 4.69) is 4.98 Å². The molecule has 0 saturated heterocycles. The van der Waals surface area contributed by atoms with Gasteiger partial charge in [-0.2, -0.15) is 0 Å². The number of carbonyl (C=O) groups excluding carboxylic acids is 1. The largest absolute Gasteiger partial charge is 0.399 e. The zero-order valence-corrected chi connectivity index (χ0v) is 11.3. The number of aromatic amines is 1. The molecule has 1 amide bonds. The third kappa shape index (κ3) is 2.88. The van der Waals surface area contributed by atoms with Crippen LogP contribution in [0.3, 0.4) is 0 Å². The van der Waals surface area contributed by atoms with Crippen LogP contribution in [0.5, 0.6) is 0 Å². The lowest BCUT2D eigenvalue weighted by Gasteiger charge is -2.22. The lowest BCUT2D eigenvalue weighted by atomic mass is 10.2. The van der Waals surface area contributed by atoms with Crippen LogP contribution >= 0.6 is 0 Å². The third-order valence-corrected chi connectivity index (χ3v) is 2.93. The van der Waals surface area contributed by atoms with Crippen molar-refractivity contribution in [2.75, 3.05) is 17.2 Å². The Balaban J connectivity index is 2.41. The average molecular weight is 271 g/mol. The first-order valence-corrected chi connectivity index (χ1v) is 6.48. The Labute approximate surface area is 117 Å². The molecule has 1 aromatic heterocycles. The highest BCUT2D eigenvalue weighted by molar-refractivity contribution is 6.06. The van der Waals surface area contributed by atoms with Crippen molar-refractivity contribution in [3.63, 3.8) is 0 Å². The van der Waals surface area contributed by atoms with E-state index in [1.165, 1.54) is 18.5 Å². The molecule has 5 heteroatoms. The molecule has 0 fully saturated rings. The highest BCUT2D eigenvalue weighted by Crippen LogP contribution is 2.19. The van der Waals surface area contributed by atoms with E-state index >= 15 is 0 Å². The molecular formula is C15H17N3O2. The molecule has 0 spiro atoms. The minimum atomic E-state index is -0.320. The molecular weight excluding hydrogens is 254 g/mol. The van der Waals surface area contributed by atoms with E-state index in [9.17, 15) is 9.59 Å². The summed E-state index contributed by atoms with van der Waals surface area (Å²) in [5.74, 6) is -0.320. The number of rotatable bonds is 4. The molecule has 1 aromatic carbocycles. The normalized spacial score (nSPS) is 10.2. The fraction of sp³-hybridized carbons (Fsp3) is 0.200. The monoisotopic (exact) mass is 271 g/mol. The number of pyridine rings is 1. The van der Waals surface area contributed by atoms with E-state index in [-0.39, 0.29) is 16.9 Å². The highest BCUT2D eigenvalue weighted by Gasteiger charge is 2.19. The number of benzene rings is 1. The maximum Gasteiger partial charge on any atom is 0.263 e. The molecule has 0 unspecified atom stereocenters. The van der Waals surface area contributed by atoms with Gasteiger partial charge in [0.2, 0.25) is 0 Å². The fourth-order valence-electron chi connectivity index (χ4n) is 1.99. The molecule has 0 aliphatic heterocycles. The SMILES string of the molecule is CCCN(C(=O)c1c[nH]ccc1=O)c1cccc(N)c1. The summed E-state index contributed by atoms with van der Waals surface area (Å²) in [7, 11) is 0. The molecule has 2 rings (SSSR count). The minimum Gasteiger partial charge on any atom is -0.399 e. The molecule has 5 nitrogen and oxygen atoms in total. The van der Waals surface area contributed by atoms with Crippen molar-refractivity contribution in [2.45, 2.75) is 13.3 Å². The molecule has 2 aromatic rings. The highest BCUT2D eigenvalue weighted by atomic mass is 16.2. The molecule has 0 radical (unpaired) electrons. The minimum absolute atomic E-state index is 0.128. The number of aromatic nitrogens is 1. The van der Waals surface area contributed by atoms with Gasteiger partial charge < -0.3 is 15.6 Å². The van der Waals surface area contributed by atoms with Crippen molar-refractivity contribution >= 4 is 17.3 Å². The number of amides is 1. The molecule has 0 aliphatic carbocycles. The van der Waals surface area contributed by atoms with Gasteiger partial charge in [0.25, 0.3) is 5.91 Å².